The van der Waals surface area contributed by atoms with Gasteiger partial charge in [-0.15, -0.1) is 0 Å². The van der Waals surface area contributed by atoms with Gasteiger partial charge in [-0.1, -0.05) is 0 Å². The zero-order chi connectivity index (χ0) is 22.5. The zero-order valence-corrected chi connectivity index (χ0v) is 17.3. The van der Waals surface area contributed by atoms with Crippen molar-refractivity contribution in [1.82, 2.24) is 6.15 Å². The van der Waals surface area contributed by atoms with Gasteiger partial charge >= 0.3 is 0 Å². The first-order chi connectivity index (χ1) is 14.2. The molecule has 0 radical (unpaired) electrons. The quantitative estimate of drug-likeness (QED) is 0.174. The summed E-state index contributed by atoms with van der Waals surface area (Å²) >= 11 is 0. The summed E-state index contributed by atoms with van der Waals surface area (Å²) in [5.74, 6) is -2.22. The first kappa shape index (κ1) is 28.5. The highest BCUT2D eigenvalue weighted by molar-refractivity contribution is 4.98. The van der Waals surface area contributed by atoms with Crippen molar-refractivity contribution in [3.05, 3.63) is 0 Å². The fraction of sp³-hybridized carbons (Fsp3) is 1.00. The van der Waals surface area contributed by atoms with Crippen LogP contribution in [-0.2, 0) is 23.7 Å². The van der Waals surface area contributed by atoms with E-state index in [0.717, 1.165) is 19.8 Å². The molecular formula is C17H35NO13. The Labute approximate surface area is 179 Å². The van der Waals surface area contributed by atoms with Gasteiger partial charge in [0.2, 0.25) is 5.79 Å². The molecule has 4 saturated heterocycles. The fourth-order valence-electron chi connectivity index (χ4n) is 2.73. The number of aliphatic hydroxyl groups excluding tert-OH is 8. The largest absolute Gasteiger partial charge is 0.394 e. The van der Waals surface area contributed by atoms with Crippen LogP contribution in [0.4, 0.5) is 0 Å². The monoisotopic (exact) mass is 461 g/mol. The molecule has 1 unspecified atom stereocenters. The molecule has 4 rings (SSSR count). The maximum Gasteiger partial charge on any atom is 0.224 e. The highest BCUT2D eigenvalue weighted by Crippen LogP contribution is 2.35. The van der Waals surface area contributed by atoms with Crippen LogP contribution in [-0.4, -0.2) is 141 Å². The number of hydrogen-bond acceptors (Lipinski definition) is 14. The van der Waals surface area contributed by atoms with Gasteiger partial charge in [0.1, 0.15) is 49.3 Å². The van der Waals surface area contributed by atoms with Crippen LogP contribution < -0.4 is 6.15 Å². The van der Waals surface area contributed by atoms with Gasteiger partial charge in [0.25, 0.3) is 0 Å². The first-order valence-electron chi connectivity index (χ1n) is 9.64. The fourth-order valence-corrected chi connectivity index (χ4v) is 2.73. The Morgan fingerprint density at radius 2 is 1.39 bits per heavy atom. The lowest BCUT2D eigenvalue weighted by atomic mass is 9.99. The molecule has 4 aliphatic heterocycles. The second kappa shape index (κ2) is 12.6. The Kier molecular flexibility index (Phi) is 11.6. The maximum atomic E-state index is 10.00. The minimum absolute atomic E-state index is 0. The lowest BCUT2D eigenvalue weighted by Gasteiger charge is -2.43. The van der Waals surface area contributed by atoms with Crippen LogP contribution in [0.2, 0.25) is 0 Å². The van der Waals surface area contributed by atoms with E-state index >= 15 is 0 Å². The van der Waals surface area contributed by atoms with Crippen molar-refractivity contribution >= 4 is 0 Å². The number of aliphatic hydroxyl groups is 8. The van der Waals surface area contributed by atoms with Gasteiger partial charge < -0.3 is 70.7 Å². The number of hydrogen-bond donors (Lipinski definition) is 9. The van der Waals surface area contributed by atoms with Gasteiger partial charge in [-0.2, -0.15) is 0 Å². The van der Waals surface area contributed by atoms with Crippen molar-refractivity contribution < 1.29 is 64.5 Å². The van der Waals surface area contributed by atoms with E-state index in [-0.39, 0.29) is 6.15 Å². The minimum atomic E-state index is -2.22. The van der Waals surface area contributed by atoms with Crippen molar-refractivity contribution in [1.29, 1.82) is 0 Å². The summed E-state index contributed by atoms with van der Waals surface area (Å²) in [4.78, 5) is 0. The molecule has 0 aliphatic carbocycles. The van der Waals surface area contributed by atoms with Crippen molar-refractivity contribution in [2.75, 3.05) is 39.6 Å². The lowest BCUT2D eigenvalue weighted by Crippen LogP contribution is -2.62. The third-order valence-electron chi connectivity index (χ3n) is 4.77. The van der Waals surface area contributed by atoms with Gasteiger partial charge in [0, 0.05) is 0 Å². The predicted octanol–water partition coefficient (Wildman–Crippen LogP) is -4.81. The summed E-state index contributed by atoms with van der Waals surface area (Å²) in [6.07, 6.45) is -12.1. The molecule has 14 nitrogen and oxygen atoms in total. The molecule has 4 heterocycles. The average Bonchev–Trinajstić information content (AvgIpc) is 3.66. The smallest absolute Gasteiger partial charge is 0.224 e. The Morgan fingerprint density at radius 1 is 0.871 bits per heavy atom. The Balaban J connectivity index is 0.000000505. The molecule has 0 aromatic rings. The van der Waals surface area contributed by atoms with E-state index in [1.54, 1.807) is 0 Å². The Bertz CT molecular complexity index is 506. The Morgan fingerprint density at radius 3 is 1.74 bits per heavy atom. The van der Waals surface area contributed by atoms with E-state index in [0.29, 0.717) is 6.10 Å². The normalized spacial score (nSPS) is 45.4. The standard InChI is InChI=1S/C12H22O11.C3H6O.C2H4O.H3N/c13-1-4-6(16)8(18)9(19)11(21-4)23-12(3-15)10(20)7(17)5(2-14)22-12;1-3-2-4-3;1-2-3-1;/h4-11,13-20H,1-3H2;3H,2H2,1H3;1-2H2;1H3/t4-,5-,6-,7-,8+,9-,10+,11-,12-;;;/m1.../s1. The molecule has 0 bridgehead atoms. The molecule has 10 atom stereocenters. The highest BCUT2D eigenvalue weighted by atomic mass is 16.8. The topological polar surface area (TPSA) is 250 Å². The summed E-state index contributed by atoms with van der Waals surface area (Å²) in [6.45, 7) is 2.72. The van der Waals surface area contributed by atoms with E-state index < -0.39 is 74.6 Å². The number of rotatable bonds is 5. The van der Waals surface area contributed by atoms with Crippen LogP contribution in [0.3, 0.4) is 0 Å². The first-order valence-corrected chi connectivity index (χ1v) is 9.64. The SMILES string of the molecule is C1CO1.CC1CO1.N.OC[C@H]1O[C@](CO)(O[C@H]2O[C@H](CO)[C@@H](O)[C@H](O)[C@H]2O)[C@@H](O)[C@@H]1O. The van der Waals surface area contributed by atoms with Crippen LogP contribution in [0.5, 0.6) is 0 Å². The Hall–Kier alpha value is -0.560. The van der Waals surface area contributed by atoms with Crippen molar-refractivity contribution in [3.8, 4) is 0 Å². The van der Waals surface area contributed by atoms with Gasteiger partial charge in [-0.25, -0.2) is 0 Å². The summed E-state index contributed by atoms with van der Waals surface area (Å²) < 4.78 is 24.7. The molecule has 186 valence electrons. The average molecular weight is 461 g/mol. The molecule has 31 heavy (non-hydrogen) atoms. The van der Waals surface area contributed by atoms with Crippen LogP contribution in [0.15, 0.2) is 0 Å². The van der Waals surface area contributed by atoms with E-state index in [1.807, 2.05) is 0 Å². The zero-order valence-electron chi connectivity index (χ0n) is 17.3. The minimum Gasteiger partial charge on any atom is -0.394 e. The predicted molar refractivity (Wildman–Crippen MR) is 99.9 cm³/mol. The molecule has 4 aliphatic rings. The van der Waals surface area contributed by atoms with Crippen LogP contribution in [0.25, 0.3) is 0 Å². The summed E-state index contributed by atoms with van der Waals surface area (Å²) in [7, 11) is 0. The van der Waals surface area contributed by atoms with Crippen LogP contribution in [0, 0.1) is 0 Å². The molecule has 14 heteroatoms. The van der Waals surface area contributed by atoms with Crippen LogP contribution in [0.1, 0.15) is 6.92 Å². The van der Waals surface area contributed by atoms with Crippen molar-refractivity contribution in [3.63, 3.8) is 0 Å². The second-order valence-electron chi connectivity index (χ2n) is 7.32. The number of ether oxygens (including phenoxy) is 5. The molecule has 11 N–H and O–H groups in total. The van der Waals surface area contributed by atoms with Gasteiger partial charge in [-0.3, -0.25) is 0 Å². The molecule has 0 aromatic heterocycles. The molecule has 0 amide bonds. The van der Waals surface area contributed by atoms with E-state index in [4.69, 9.17) is 29.2 Å². The molecule has 0 spiro atoms. The summed E-state index contributed by atoms with van der Waals surface area (Å²) in [5, 5.41) is 76.7. The van der Waals surface area contributed by atoms with E-state index in [2.05, 4.69) is 11.7 Å². The molecule has 4 fully saturated rings. The van der Waals surface area contributed by atoms with E-state index in [1.165, 1.54) is 0 Å². The van der Waals surface area contributed by atoms with Crippen molar-refractivity contribution in [2.24, 2.45) is 0 Å². The van der Waals surface area contributed by atoms with Gasteiger partial charge in [-0.05, 0) is 6.92 Å². The maximum absolute atomic E-state index is 10.00. The second-order valence-corrected chi connectivity index (χ2v) is 7.32. The third kappa shape index (κ3) is 7.48. The van der Waals surface area contributed by atoms with Crippen LogP contribution >= 0.6 is 0 Å². The molecule has 0 aromatic carbocycles. The van der Waals surface area contributed by atoms with Crippen molar-refractivity contribution in [2.45, 2.75) is 67.8 Å². The van der Waals surface area contributed by atoms with Gasteiger partial charge in [0.15, 0.2) is 6.29 Å². The van der Waals surface area contributed by atoms with E-state index in [9.17, 15) is 30.6 Å². The molecule has 0 saturated carbocycles. The summed E-state index contributed by atoms with van der Waals surface area (Å²) in [6, 6.07) is 0. The highest BCUT2D eigenvalue weighted by Gasteiger charge is 2.58. The number of epoxide rings is 2. The van der Waals surface area contributed by atoms with Gasteiger partial charge in [0.05, 0.1) is 39.1 Å². The third-order valence-corrected chi connectivity index (χ3v) is 4.77. The lowest BCUT2D eigenvalue weighted by molar-refractivity contribution is -0.383. The summed E-state index contributed by atoms with van der Waals surface area (Å²) in [5.41, 5.74) is 0. The molecular weight excluding hydrogens is 426 g/mol.